The average molecular weight is 254 g/mol. The minimum atomic E-state index is 0.561. The second kappa shape index (κ2) is 4.63. The van der Waals surface area contributed by atoms with Crippen molar-refractivity contribution in [3.63, 3.8) is 0 Å². The summed E-state index contributed by atoms with van der Waals surface area (Å²) >= 11 is 7.38. The highest BCUT2D eigenvalue weighted by molar-refractivity contribution is 7.16. The van der Waals surface area contributed by atoms with Crippen molar-refractivity contribution in [3.05, 3.63) is 34.3 Å². The summed E-state index contributed by atoms with van der Waals surface area (Å²) in [4.78, 5) is 15.3. The second-order valence-electron chi connectivity index (χ2n) is 3.00. The molecule has 0 aliphatic carbocycles. The lowest BCUT2D eigenvalue weighted by atomic mass is 10.2. The predicted molar refractivity (Wildman–Crippen MR) is 64.5 cm³/mol. The number of thiazole rings is 1. The van der Waals surface area contributed by atoms with Crippen LogP contribution in [0.15, 0.2) is 24.4 Å². The van der Waals surface area contributed by atoms with Crippen LogP contribution in [-0.2, 0) is 0 Å². The van der Waals surface area contributed by atoms with E-state index < -0.39 is 0 Å². The zero-order valence-corrected chi connectivity index (χ0v) is 10.0. The zero-order chi connectivity index (χ0) is 11.5. The quantitative estimate of drug-likeness (QED) is 0.788. The van der Waals surface area contributed by atoms with Gasteiger partial charge in [0.25, 0.3) is 0 Å². The molecule has 0 saturated carbocycles. The molecule has 3 nitrogen and oxygen atoms in total. The van der Waals surface area contributed by atoms with Crippen molar-refractivity contribution in [2.75, 3.05) is 7.11 Å². The molecule has 1 aromatic heterocycles. The molecular formula is C11H8ClNO2S. The number of benzene rings is 1. The number of aromatic nitrogens is 1. The molecule has 0 unspecified atom stereocenters. The standard InChI is InChI=1S/C11H8ClNO2S/c1-15-9-4-2-3-8(12)10(9)11-13-5-7(6-14)16-11/h2-6H,1H3. The third-order valence-corrected chi connectivity index (χ3v) is 3.30. The van der Waals surface area contributed by atoms with Crippen molar-refractivity contribution in [1.29, 1.82) is 0 Å². The van der Waals surface area contributed by atoms with E-state index in [4.69, 9.17) is 16.3 Å². The van der Waals surface area contributed by atoms with E-state index in [0.717, 1.165) is 11.8 Å². The molecule has 1 aromatic carbocycles. The van der Waals surface area contributed by atoms with Crippen LogP contribution in [0.2, 0.25) is 5.02 Å². The average Bonchev–Trinajstić information content (AvgIpc) is 2.76. The maximum absolute atomic E-state index is 10.6. The van der Waals surface area contributed by atoms with Crippen molar-refractivity contribution < 1.29 is 9.53 Å². The first-order chi connectivity index (χ1) is 7.76. The number of hydrogen-bond donors (Lipinski definition) is 0. The summed E-state index contributed by atoms with van der Waals surface area (Å²) in [5.41, 5.74) is 0.727. The molecule has 0 radical (unpaired) electrons. The van der Waals surface area contributed by atoms with Gasteiger partial charge in [0.15, 0.2) is 6.29 Å². The number of methoxy groups -OCH3 is 1. The Labute approximate surface area is 102 Å². The van der Waals surface area contributed by atoms with Crippen LogP contribution in [0.4, 0.5) is 0 Å². The van der Waals surface area contributed by atoms with E-state index in [2.05, 4.69) is 4.98 Å². The summed E-state index contributed by atoms with van der Waals surface area (Å²) in [6.07, 6.45) is 2.29. The van der Waals surface area contributed by atoms with E-state index >= 15 is 0 Å². The van der Waals surface area contributed by atoms with Crippen molar-refractivity contribution in [2.24, 2.45) is 0 Å². The third-order valence-electron chi connectivity index (χ3n) is 2.05. The maximum atomic E-state index is 10.6. The summed E-state index contributed by atoms with van der Waals surface area (Å²) < 4.78 is 5.22. The lowest BCUT2D eigenvalue weighted by Crippen LogP contribution is -1.87. The number of aldehydes is 1. The third kappa shape index (κ3) is 1.94. The highest BCUT2D eigenvalue weighted by Crippen LogP contribution is 2.37. The van der Waals surface area contributed by atoms with Crippen LogP contribution in [0, 0.1) is 0 Å². The Morgan fingerprint density at radius 2 is 2.31 bits per heavy atom. The second-order valence-corrected chi connectivity index (χ2v) is 4.47. The predicted octanol–water partition coefficient (Wildman–Crippen LogP) is 3.28. The van der Waals surface area contributed by atoms with E-state index in [0.29, 0.717) is 20.7 Å². The van der Waals surface area contributed by atoms with E-state index in [1.165, 1.54) is 17.5 Å². The molecule has 2 aromatic rings. The molecule has 0 amide bonds. The highest BCUT2D eigenvalue weighted by Gasteiger charge is 2.13. The van der Waals surface area contributed by atoms with E-state index in [9.17, 15) is 4.79 Å². The maximum Gasteiger partial charge on any atom is 0.161 e. The molecule has 0 N–H and O–H groups in total. The van der Waals surface area contributed by atoms with Crippen LogP contribution in [0.3, 0.4) is 0 Å². The van der Waals surface area contributed by atoms with Crippen molar-refractivity contribution >= 4 is 29.2 Å². The summed E-state index contributed by atoms with van der Waals surface area (Å²) in [7, 11) is 1.57. The fourth-order valence-electron chi connectivity index (χ4n) is 1.34. The van der Waals surface area contributed by atoms with Crippen LogP contribution in [0.1, 0.15) is 9.67 Å². The van der Waals surface area contributed by atoms with Gasteiger partial charge >= 0.3 is 0 Å². The minimum absolute atomic E-state index is 0.561. The topological polar surface area (TPSA) is 39.2 Å². The molecule has 5 heteroatoms. The number of carbonyl (C=O) groups is 1. The Hall–Kier alpha value is -1.39. The first-order valence-corrected chi connectivity index (χ1v) is 5.69. The summed E-state index contributed by atoms with van der Waals surface area (Å²) in [5, 5.41) is 1.25. The summed E-state index contributed by atoms with van der Waals surface area (Å²) in [6, 6.07) is 5.38. The van der Waals surface area contributed by atoms with Crippen LogP contribution < -0.4 is 4.74 Å². The van der Waals surface area contributed by atoms with Crippen molar-refractivity contribution in [1.82, 2.24) is 4.98 Å². The number of nitrogens with zero attached hydrogens (tertiary/aromatic N) is 1. The van der Waals surface area contributed by atoms with Gasteiger partial charge in [0, 0.05) is 6.20 Å². The number of hydrogen-bond acceptors (Lipinski definition) is 4. The Morgan fingerprint density at radius 1 is 1.50 bits per heavy atom. The van der Waals surface area contributed by atoms with Gasteiger partial charge in [-0.05, 0) is 12.1 Å². The van der Waals surface area contributed by atoms with Gasteiger partial charge in [-0.25, -0.2) is 4.98 Å². The summed E-state index contributed by atoms with van der Waals surface area (Å²) in [5.74, 6) is 0.652. The zero-order valence-electron chi connectivity index (χ0n) is 8.44. The Morgan fingerprint density at radius 3 is 2.94 bits per heavy atom. The van der Waals surface area contributed by atoms with E-state index in [1.54, 1.807) is 19.2 Å². The Bertz CT molecular complexity index is 524. The smallest absolute Gasteiger partial charge is 0.161 e. The SMILES string of the molecule is COc1cccc(Cl)c1-c1ncc(C=O)s1. The first kappa shape index (κ1) is 11.1. The normalized spacial score (nSPS) is 10.1. The largest absolute Gasteiger partial charge is 0.496 e. The first-order valence-electron chi connectivity index (χ1n) is 4.50. The molecule has 0 spiro atoms. The molecule has 2 rings (SSSR count). The molecule has 16 heavy (non-hydrogen) atoms. The molecule has 0 fully saturated rings. The number of rotatable bonds is 3. The fraction of sp³-hybridized carbons (Fsp3) is 0.0909. The van der Waals surface area contributed by atoms with Crippen LogP contribution >= 0.6 is 22.9 Å². The molecule has 1 heterocycles. The monoisotopic (exact) mass is 253 g/mol. The molecular weight excluding hydrogens is 246 g/mol. The lowest BCUT2D eigenvalue weighted by molar-refractivity contribution is 0.112. The van der Waals surface area contributed by atoms with Gasteiger partial charge in [0.1, 0.15) is 10.8 Å². The van der Waals surface area contributed by atoms with Crippen molar-refractivity contribution in [2.45, 2.75) is 0 Å². The van der Waals surface area contributed by atoms with Crippen LogP contribution in [0.25, 0.3) is 10.6 Å². The molecule has 0 bridgehead atoms. The highest BCUT2D eigenvalue weighted by atomic mass is 35.5. The molecule has 0 atom stereocenters. The number of ether oxygens (including phenoxy) is 1. The van der Waals surface area contributed by atoms with Gasteiger partial charge in [-0.3, -0.25) is 4.79 Å². The lowest BCUT2D eigenvalue weighted by Gasteiger charge is -2.06. The minimum Gasteiger partial charge on any atom is -0.496 e. The van der Waals surface area contributed by atoms with Gasteiger partial charge in [0.2, 0.25) is 0 Å². The van der Waals surface area contributed by atoms with Gasteiger partial charge in [-0.15, -0.1) is 11.3 Å². The van der Waals surface area contributed by atoms with Gasteiger partial charge in [-0.1, -0.05) is 17.7 Å². The Kier molecular flexibility index (Phi) is 3.22. The van der Waals surface area contributed by atoms with E-state index in [1.807, 2.05) is 6.07 Å². The molecule has 82 valence electrons. The molecule has 0 aliphatic rings. The van der Waals surface area contributed by atoms with Crippen LogP contribution in [-0.4, -0.2) is 18.4 Å². The summed E-state index contributed by atoms with van der Waals surface area (Å²) in [6.45, 7) is 0. The number of halogens is 1. The van der Waals surface area contributed by atoms with Gasteiger partial charge < -0.3 is 4.74 Å². The van der Waals surface area contributed by atoms with Gasteiger partial charge in [-0.2, -0.15) is 0 Å². The molecule has 0 aliphatic heterocycles. The van der Waals surface area contributed by atoms with E-state index in [-0.39, 0.29) is 0 Å². The van der Waals surface area contributed by atoms with Crippen LogP contribution in [0.5, 0.6) is 5.75 Å². The molecule has 0 saturated heterocycles. The van der Waals surface area contributed by atoms with Crippen molar-refractivity contribution in [3.8, 4) is 16.3 Å². The van der Waals surface area contributed by atoms with Gasteiger partial charge in [0.05, 0.1) is 22.6 Å². The number of carbonyl (C=O) groups excluding carboxylic acids is 1. The fourth-order valence-corrected chi connectivity index (χ4v) is 2.44. The Balaban J connectivity index is 2.57.